The fourth-order valence-electron chi connectivity index (χ4n) is 2.48. The van der Waals surface area contributed by atoms with Crippen LogP contribution in [0.5, 0.6) is 0 Å². The molecule has 0 amide bonds. The molecule has 1 saturated carbocycles. The molecule has 0 aromatic carbocycles. The van der Waals surface area contributed by atoms with Gasteiger partial charge < -0.3 is 5.32 Å². The number of nitrogens with one attached hydrogen (secondary N) is 1. The highest BCUT2D eigenvalue weighted by Crippen LogP contribution is 2.28. The summed E-state index contributed by atoms with van der Waals surface area (Å²) in [5.74, 6) is 0.801. The molecule has 0 bridgehead atoms. The number of rotatable bonds is 3. The Kier molecular flexibility index (Phi) is 2.98. The summed E-state index contributed by atoms with van der Waals surface area (Å²) in [6, 6.07) is 0.652. The zero-order chi connectivity index (χ0) is 10.8. The quantitative estimate of drug-likeness (QED) is 0.825. The van der Waals surface area contributed by atoms with Crippen LogP contribution in [0.4, 0.5) is 5.69 Å². The molecule has 3 nitrogen and oxygen atoms in total. The van der Waals surface area contributed by atoms with Gasteiger partial charge in [0, 0.05) is 19.3 Å². The van der Waals surface area contributed by atoms with E-state index in [1.807, 2.05) is 11.7 Å². The predicted octanol–water partition coefficient (Wildman–Crippen LogP) is 2.58. The SMILES string of the molecule is CCc1nn(C)cc1NC1CCCC1C. The summed E-state index contributed by atoms with van der Waals surface area (Å²) in [4.78, 5) is 0. The Bertz CT molecular complexity index is 330. The predicted molar refractivity (Wildman–Crippen MR) is 63.0 cm³/mol. The van der Waals surface area contributed by atoms with E-state index in [2.05, 4.69) is 30.5 Å². The summed E-state index contributed by atoms with van der Waals surface area (Å²) in [7, 11) is 1.99. The molecule has 0 saturated heterocycles. The molecule has 1 aromatic rings. The van der Waals surface area contributed by atoms with E-state index in [0.29, 0.717) is 6.04 Å². The maximum atomic E-state index is 4.45. The first kappa shape index (κ1) is 10.5. The van der Waals surface area contributed by atoms with Gasteiger partial charge in [0.1, 0.15) is 0 Å². The molecule has 2 rings (SSSR count). The van der Waals surface area contributed by atoms with Gasteiger partial charge in [-0.15, -0.1) is 0 Å². The topological polar surface area (TPSA) is 29.9 Å². The van der Waals surface area contributed by atoms with Gasteiger partial charge in [-0.05, 0) is 25.2 Å². The van der Waals surface area contributed by atoms with Crippen molar-refractivity contribution in [1.82, 2.24) is 9.78 Å². The van der Waals surface area contributed by atoms with Gasteiger partial charge in [-0.25, -0.2) is 0 Å². The van der Waals surface area contributed by atoms with E-state index < -0.39 is 0 Å². The molecule has 1 N–H and O–H groups in total. The Morgan fingerprint density at radius 1 is 1.53 bits per heavy atom. The minimum absolute atomic E-state index is 0.652. The van der Waals surface area contributed by atoms with Crippen LogP contribution in [0.15, 0.2) is 6.20 Å². The number of anilines is 1. The summed E-state index contributed by atoms with van der Waals surface area (Å²) in [5.41, 5.74) is 2.43. The molecule has 2 unspecified atom stereocenters. The fraction of sp³-hybridized carbons (Fsp3) is 0.750. The lowest BCUT2D eigenvalue weighted by Crippen LogP contribution is -2.22. The summed E-state index contributed by atoms with van der Waals surface area (Å²) in [5, 5.41) is 8.10. The van der Waals surface area contributed by atoms with E-state index in [1.165, 1.54) is 30.6 Å². The summed E-state index contributed by atoms with van der Waals surface area (Å²) in [6.07, 6.45) is 7.13. The van der Waals surface area contributed by atoms with Crippen molar-refractivity contribution in [3.05, 3.63) is 11.9 Å². The van der Waals surface area contributed by atoms with Crippen LogP contribution in [0, 0.1) is 5.92 Å². The highest BCUT2D eigenvalue weighted by Gasteiger charge is 2.24. The molecule has 0 radical (unpaired) electrons. The molecule has 1 heterocycles. The number of aromatic nitrogens is 2. The van der Waals surface area contributed by atoms with Crippen molar-refractivity contribution in [2.24, 2.45) is 13.0 Å². The van der Waals surface area contributed by atoms with Gasteiger partial charge in [0.25, 0.3) is 0 Å². The van der Waals surface area contributed by atoms with Crippen LogP contribution >= 0.6 is 0 Å². The summed E-state index contributed by atoms with van der Waals surface area (Å²) >= 11 is 0. The average Bonchev–Trinajstić information content (AvgIpc) is 2.75. The lowest BCUT2D eigenvalue weighted by molar-refractivity contribution is 0.556. The van der Waals surface area contributed by atoms with E-state index in [9.17, 15) is 0 Å². The van der Waals surface area contributed by atoms with Gasteiger partial charge in [-0.3, -0.25) is 4.68 Å². The summed E-state index contributed by atoms with van der Waals surface area (Å²) in [6.45, 7) is 4.50. The zero-order valence-corrected chi connectivity index (χ0v) is 9.95. The van der Waals surface area contributed by atoms with Crippen LogP contribution in [-0.2, 0) is 13.5 Å². The van der Waals surface area contributed by atoms with Crippen LogP contribution < -0.4 is 5.32 Å². The van der Waals surface area contributed by atoms with Crippen LogP contribution in [0.1, 0.15) is 38.8 Å². The largest absolute Gasteiger partial charge is 0.379 e. The van der Waals surface area contributed by atoms with Crippen LogP contribution in [0.25, 0.3) is 0 Å². The second-order valence-corrected chi connectivity index (χ2v) is 4.68. The van der Waals surface area contributed by atoms with Crippen molar-refractivity contribution in [2.45, 2.75) is 45.6 Å². The average molecular weight is 207 g/mol. The van der Waals surface area contributed by atoms with Crippen LogP contribution in [0.2, 0.25) is 0 Å². The van der Waals surface area contributed by atoms with E-state index in [-0.39, 0.29) is 0 Å². The number of hydrogen-bond donors (Lipinski definition) is 1. The van der Waals surface area contributed by atoms with Gasteiger partial charge in [-0.2, -0.15) is 5.10 Å². The van der Waals surface area contributed by atoms with Crippen LogP contribution in [-0.4, -0.2) is 15.8 Å². The molecule has 1 aromatic heterocycles. The van der Waals surface area contributed by atoms with Gasteiger partial charge in [-0.1, -0.05) is 20.3 Å². The van der Waals surface area contributed by atoms with Gasteiger partial charge in [0.2, 0.25) is 0 Å². The normalized spacial score (nSPS) is 25.8. The lowest BCUT2D eigenvalue weighted by Gasteiger charge is -2.18. The third-order valence-corrected chi connectivity index (χ3v) is 3.44. The van der Waals surface area contributed by atoms with Crippen molar-refractivity contribution >= 4 is 5.69 Å². The molecule has 0 spiro atoms. The molecule has 3 heteroatoms. The smallest absolute Gasteiger partial charge is 0.0853 e. The van der Waals surface area contributed by atoms with E-state index in [4.69, 9.17) is 0 Å². The summed E-state index contributed by atoms with van der Waals surface area (Å²) < 4.78 is 1.90. The van der Waals surface area contributed by atoms with Crippen molar-refractivity contribution < 1.29 is 0 Å². The number of aryl methyl sites for hydroxylation is 2. The Morgan fingerprint density at radius 3 is 2.93 bits per heavy atom. The molecule has 2 atom stereocenters. The monoisotopic (exact) mass is 207 g/mol. The van der Waals surface area contributed by atoms with Gasteiger partial charge >= 0.3 is 0 Å². The molecule has 1 aliphatic rings. The van der Waals surface area contributed by atoms with Crippen LogP contribution in [0.3, 0.4) is 0 Å². The first-order valence-corrected chi connectivity index (χ1v) is 5.99. The van der Waals surface area contributed by atoms with Gasteiger partial charge in [0.05, 0.1) is 11.4 Å². The number of nitrogens with zero attached hydrogens (tertiary/aromatic N) is 2. The molecule has 1 aliphatic carbocycles. The zero-order valence-electron chi connectivity index (χ0n) is 9.95. The first-order chi connectivity index (χ1) is 7.20. The third-order valence-electron chi connectivity index (χ3n) is 3.44. The Hall–Kier alpha value is -0.990. The Morgan fingerprint density at radius 2 is 2.33 bits per heavy atom. The van der Waals surface area contributed by atoms with Crippen molar-refractivity contribution in [3.63, 3.8) is 0 Å². The standard InChI is InChI=1S/C12H21N3/c1-4-10-12(8-15(3)14-10)13-11-7-5-6-9(11)2/h8-9,11,13H,4-7H2,1-3H3. The Balaban J connectivity index is 2.09. The highest BCUT2D eigenvalue weighted by molar-refractivity contribution is 5.47. The number of hydrogen-bond acceptors (Lipinski definition) is 2. The van der Waals surface area contributed by atoms with Crippen molar-refractivity contribution in [2.75, 3.05) is 5.32 Å². The minimum atomic E-state index is 0.652. The molecule has 84 valence electrons. The molecular weight excluding hydrogens is 186 g/mol. The maximum absolute atomic E-state index is 4.45. The minimum Gasteiger partial charge on any atom is -0.379 e. The van der Waals surface area contributed by atoms with Crippen molar-refractivity contribution in [3.8, 4) is 0 Å². The molecule has 0 aliphatic heterocycles. The molecular formula is C12H21N3. The molecule has 15 heavy (non-hydrogen) atoms. The third kappa shape index (κ3) is 2.16. The first-order valence-electron chi connectivity index (χ1n) is 5.99. The fourth-order valence-corrected chi connectivity index (χ4v) is 2.48. The van der Waals surface area contributed by atoms with Crippen molar-refractivity contribution in [1.29, 1.82) is 0 Å². The molecule has 1 fully saturated rings. The maximum Gasteiger partial charge on any atom is 0.0853 e. The second-order valence-electron chi connectivity index (χ2n) is 4.68. The van der Waals surface area contributed by atoms with E-state index in [0.717, 1.165) is 12.3 Å². The highest BCUT2D eigenvalue weighted by atomic mass is 15.3. The Labute approximate surface area is 91.9 Å². The van der Waals surface area contributed by atoms with E-state index >= 15 is 0 Å². The lowest BCUT2D eigenvalue weighted by atomic mass is 10.1. The van der Waals surface area contributed by atoms with Gasteiger partial charge in [0.15, 0.2) is 0 Å². The second kappa shape index (κ2) is 4.25. The van der Waals surface area contributed by atoms with E-state index in [1.54, 1.807) is 0 Å².